The van der Waals surface area contributed by atoms with Crippen LogP contribution in [0.15, 0.2) is 0 Å². The van der Waals surface area contributed by atoms with Gasteiger partial charge in [0.25, 0.3) is 0 Å². The normalized spacial score (nSPS) is 14.1. The summed E-state index contributed by atoms with van der Waals surface area (Å²) in [6, 6.07) is 0. The van der Waals surface area contributed by atoms with E-state index in [0.717, 1.165) is 95.8 Å². The number of carbonyl (C=O) groups excluding carboxylic acids is 4. The number of unbranched alkanes of at least 4 members (excludes halogenated alkanes) is 41. The van der Waals surface area contributed by atoms with E-state index in [0.29, 0.717) is 25.7 Å². The molecule has 0 saturated heterocycles. The Balaban J connectivity index is 5.24. The van der Waals surface area contributed by atoms with Crippen molar-refractivity contribution < 1.29 is 80.2 Å². The van der Waals surface area contributed by atoms with Crippen LogP contribution in [0.2, 0.25) is 0 Å². The Labute approximate surface area is 537 Å². The van der Waals surface area contributed by atoms with Gasteiger partial charge < -0.3 is 33.8 Å². The number of aliphatic hydroxyl groups excluding tert-OH is 1. The Bertz CT molecular complexity index is 1700. The van der Waals surface area contributed by atoms with Gasteiger partial charge in [0.05, 0.1) is 26.4 Å². The van der Waals surface area contributed by atoms with Gasteiger partial charge in [-0.05, 0) is 31.6 Å². The summed E-state index contributed by atoms with van der Waals surface area (Å²) in [5.41, 5.74) is 0. The summed E-state index contributed by atoms with van der Waals surface area (Å²) in [4.78, 5) is 72.5. The van der Waals surface area contributed by atoms with Gasteiger partial charge in [0.1, 0.15) is 19.3 Å². The van der Waals surface area contributed by atoms with E-state index in [4.69, 9.17) is 37.0 Å². The highest BCUT2D eigenvalue weighted by atomic mass is 31.2. The molecule has 522 valence electrons. The maximum absolute atomic E-state index is 13.0. The van der Waals surface area contributed by atoms with Gasteiger partial charge in [-0.2, -0.15) is 0 Å². The fraction of sp³-hybridized carbons (Fsp3) is 0.942. The van der Waals surface area contributed by atoms with Crippen LogP contribution >= 0.6 is 15.6 Å². The lowest BCUT2D eigenvalue weighted by Gasteiger charge is -2.21. The zero-order valence-electron chi connectivity index (χ0n) is 56.9. The molecule has 0 aromatic rings. The van der Waals surface area contributed by atoms with E-state index in [1.54, 1.807) is 0 Å². The van der Waals surface area contributed by atoms with Gasteiger partial charge >= 0.3 is 39.5 Å². The van der Waals surface area contributed by atoms with Crippen LogP contribution in [-0.2, 0) is 65.4 Å². The molecule has 0 saturated carbocycles. The maximum Gasteiger partial charge on any atom is 0.472 e. The number of hydrogen-bond acceptors (Lipinski definition) is 15. The van der Waals surface area contributed by atoms with E-state index in [9.17, 15) is 43.2 Å². The standard InChI is InChI=1S/C69H134O17P2/c1-6-9-12-15-18-21-24-26-28-30-33-39-44-49-54-68(73)85-64(58-80-67(72)53-48-43-38-32-29-27-25-22-19-16-13-10-7-2)60-83-87(75,76)81-56-63(70)57-82-88(77,78)84-61-65(59-79-66(71)52-47-42-37-31-23-20-17-14-11-8-3)86-69(74)55-50-45-40-35-34-36-41-46-51-62(4)5/h62-65,70H,6-61H2,1-5H3,(H,75,76)(H,77,78)/t63-,64-,65-/m1/s1. The van der Waals surface area contributed by atoms with Gasteiger partial charge in [0.2, 0.25) is 0 Å². The molecule has 0 bridgehead atoms. The number of ether oxygens (including phenoxy) is 4. The average molecular weight is 1300 g/mol. The average Bonchev–Trinajstić information content (AvgIpc) is 3.63. The summed E-state index contributed by atoms with van der Waals surface area (Å²) < 4.78 is 68.2. The second-order valence-electron chi connectivity index (χ2n) is 25.4. The van der Waals surface area contributed by atoms with Crippen LogP contribution in [0.5, 0.6) is 0 Å². The van der Waals surface area contributed by atoms with E-state index < -0.39 is 97.5 Å². The number of phosphoric acid groups is 2. The molecule has 3 N–H and O–H groups in total. The number of hydrogen-bond donors (Lipinski definition) is 3. The first-order chi connectivity index (χ1) is 42.5. The molecule has 0 aliphatic carbocycles. The van der Waals surface area contributed by atoms with Crippen LogP contribution in [0, 0.1) is 5.92 Å². The maximum atomic E-state index is 13.0. The van der Waals surface area contributed by atoms with E-state index in [2.05, 4.69) is 34.6 Å². The summed E-state index contributed by atoms with van der Waals surface area (Å²) in [6.07, 6.45) is 48.4. The zero-order chi connectivity index (χ0) is 64.9. The van der Waals surface area contributed by atoms with Crippen molar-refractivity contribution in [3.63, 3.8) is 0 Å². The molecule has 0 aliphatic heterocycles. The minimum absolute atomic E-state index is 0.105. The molecular weight excluding hydrogens is 1160 g/mol. The summed E-state index contributed by atoms with van der Waals surface area (Å²) in [6.45, 7) is 7.20. The molecule has 19 heteroatoms. The van der Waals surface area contributed by atoms with Gasteiger partial charge in [-0.15, -0.1) is 0 Å². The topological polar surface area (TPSA) is 237 Å². The molecule has 0 spiro atoms. The van der Waals surface area contributed by atoms with Gasteiger partial charge in [-0.3, -0.25) is 37.3 Å². The van der Waals surface area contributed by atoms with Crippen LogP contribution < -0.4 is 0 Å². The fourth-order valence-corrected chi connectivity index (χ4v) is 12.0. The fourth-order valence-electron chi connectivity index (χ4n) is 10.5. The molecule has 0 aliphatic rings. The Kier molecular flexibility index (Phi) is 61.1. The summed E-state index contributed by atoms with van der Waals surface area (Å²) >= 11 is 0. The monoisotopic (exact) mass is 1300 g/mol. The highest BCUT2D eigenvalue weighted by Gasteiger charge is 2.30. The SMILES string of the molecule is CCCCCCCCCCCCCCCCC(=O)O[C@H](COC(=O)CCCCCCCCCCCCCCC)COP(=O)(O)OC[C@@H](O)COP(=O)(O)OC[C@@H](COC(=O)CCCCCCCCCCCC)OC(=O)CCCCCCCCCCC(C)C. The molecule has 5 atom stereocenters. The van der Waals surface area contributed by atoms with Crippen molar-refractivity contribution in [1.29, 1.82) is 0 Å². The lowest BCUT2D eigenvalue weighted by Crippen LogP contribution is -2.30. The molecule has 2 unspecified atom stereocenters. The second kappa shape index (κ2) is 62.5. The van der Waals surface area contributed by atoms with Crippen molar-refractivity contribution >= 4 is 39.5 Å². The second-order valence-corrected chi connectivity index (χ2v) is 28.3. The Morgan fingerprint density at radius 2 is 0.523 bits per heavy atom. The molecule has 0 aromatic carbocycles. The van der Waals surface area contributed by atoms with Crippen LogP contribution in [-0.4, -0.2) is 96.7 Å². The number of phosphoric ester groups is 2. The molecule has 17 nitrogen and oxygen atoms in total. The number of rotatable bonds is 69. The van der Waals surface area contributed by atoms with Crippen molar-refractivity contribution in [2.45, 2.75) is 374 Å². The minimum Gasteiger partial charge on any atom is -0.462 e. The molecule has 0 amide bonds. The number of carbonyl (C=O) groups is 4. The molecular formula is C69H134O17P2. The first-order valence-electron chi connectivity index (χ1n) is 36.1. The van der Waals surface area contributed by atoms with Crippen molar-refractivity contribution in [1.82, 2.24) is 0 Å². The zero-order valence-corrected chi connectivity index (χ0v) is 58.6. The quantitative estimate of drug-likeness (QED) is 0.0222. The Morgan fingerprint density at radius 1 is 0.307 bits per heavy atom. The molecule has 0 radical (unpaired) electrons. The highest BCUT2D eigenvalue weighted by Crippen LogP contribution is 2.45. The number of esters is 4. The predicted octanol–water partition coefficient (Wildman–Crippen LogP) is 19.7. The van der Waals surface area contributed by atoms with Gasteiger partial charge in [-0.25, -0.2) is 9.13 Å². The lowest BCUT2D eigenvalue weighted by atomic mass is 10.0. The highest BCUT2D eigenvalue weighted by molar-refractivity contribution is 7.47. The van der Waals surface area contributed by atoms with E-state index >= 15 is 0 Å². The summed E-state index contributed by atoms with van der Waals surface area (Å²) in [5.74, 6) is -1.40. The predicted molar refractivity (Wildman–Crippen MR) is 354 cm³/mol. The largest absolute Gasteiger partial charge is 0.472 e. The van der Waals surface area contributed by atoms with Crippen molar-refractivity contribution in [2.24, 2.45) is 5.92 Å². The Morgan fingerprint density at radius 3 is 0.773 bits per heavy atom. The smallest absolute Gasteiger partial charge is 0.462 e. The minimum atomic E-state index is -4.95. The summed E-state index contributed by atoms with van der Waals surface area (Å²) in [7, 11) is -9.89. The van der Waals surface area contributed by atoms with Crippen LogP contribution in [0.4, 0.5) is 0 Å². The molecule has 88 heavy (non-hydrogen) atoms. The Hall–Kier alpha value is -1.94. The first-order valence-corrected chi connectivity index (χ1v) is 39.1. The third-order valence-corrected chi connectivity index (χ3v) is 17.9. The summed E-state index contributed by atoms with van der Waals surface area (Å²) in [5, 5.41) is 10.6. The van der Waals surface area contributed by atoms with E-state index in [1.165, 1.54) is 180 Å². The van der Waals surface area contributed by atoms with Gasteiger partial charge in [0, 0.05) is 25.7 Å². The van der Waals surface area contributed by atoms with Gasteiger partial charge in [0.15, 0.2) is 12.2 Å². The van der Waals surface area contributed by atoms with Gasteiger partial charge in [-0.1, -0.05) is 304 Å². The van der Waals surface area contributed by atoms with E-state index in [-0.39, 0.29) is 25.7 Å². The van der Waals surface area contributed by atoms with Crippen molar-refractivity contribution in [3.05, 3.63) is 0 Å². The molecule has 0 rings (SSSR count). The van der Waals surface area contributed by atoms with Crippen LogP contribution in [0.1, 0.15) is 356 Å². The van der Waals surface area contributed by atoms with Crippen LogP contribution in [0.25, 0.3) is 0 Å². The third kappa shape index (κ3) is 62.8. The molecule has 0 aromatic heterocycles. The van der Waals surface area contributed by atoms with Crippen molar-refractivity contribution in [3.8, 4) is 0 Å². The molecule has 0 fully saturated rings. The van der Waals surface area contributed by atoms with E-state index in [1.807, 2.05) is 0 Å². The first kappa shape index (κ1) is 86.1. The van der Waals surface area contributed by atoms with Crippen LogP contribution in [0.3, 0.4) is 0 Å². The molecule has 0 heterocycles. The third-order valence-electron chi connectivity index (χ3n) is 16.0. The lowest BCUT2D eigenvalue weighted by molar-refractivity contribution is -0.161. The number of aliphatic hydroxyl groups is 1. The van der Waals surface area contributed by atoms with Crippen molar-refractivity contribution in [2.75, 3.05) is 39.6 Å².